The first-order valence-electron chi connectivity index (χ1n) is 5.15. The number of fused-ring (bicyclic) bond motifs is 1. The predicted molar refractivity (Wildman–Crippen MR) is 75.7 cm³/mol. The number of hydrogen-bond acceptors (Lipinski definition) is 3. The van der Waals surface area contributed by atoms with Gasteiger partial charge in [-0.25, -0.2) is 0 Å². The third kappa shape index (κ3) is 2.63. The Bertz CT molecular complexity index is 686. The van der Waals surface area contributed by atoms with Gasteiger partial charge in [-0.05, 0) is 28.1 Å². The van der Waals surface area contributed by atoms with Crippen LogP contribution in [0.25, 0.3) is 10.9 Å². The molecule has 0 radical (unpaired) electrons. The van der Waals surface area contributed by atoms with Gasteiger partial charge in [0, 0.05) is 30.2 Å². The van der Waals surface area contributed by atoms with Gasteiger partial charge in [-0.3, -0.25) is 9.71 Å². The standard InChI is InChI=1S/C11H12BrN3O2S/c1-15(2)18(16,17)14-10-5-3-4-8-6-9(12)7-13-11(8)10/h3-7,14H,1-2H3. The molecule has 7 heteroatoms. The Balaban J connectivity index is 2.53. The number of nitrogens with zero attached hydrogens (tertiary/aromatic N) is 2. The maximum absolute atomic E-state index is 11.8. The van der Waals surface area contributed by atoms with Crippen molar-refractivity contribution in [2.75, 3.05) is 18.8 Å². The zero-order valence-electron chi connectivity index (χ0n) is 9.88. The van der Waals surface area contributed by atoms with E-state index in [2.05, 4.69) is 25.6 Å². The summed E-state index contributed by atoms with van der Waals surface area (Å²) in [6.45, 7) is 0. The maximum Gasteiger partial charge on any atom is 0.301 e. The van der Waals surface area contributed by atoms with Crippen LogP contribution in [0.5, 0.6) is 0 Å². The van der Waals surface area contributed by atoms with Gasteiger partial charge in [0.05, 0.1) is 11.2 Å². The van der Waals surface area contributed by atoms with Crippen molar-refractivity contribution in [3.63, 3.8) is 0 Å². The average molecular weight is 330 g/mol. The van der Waals surface area contributed by atoms with Crippen LogP contribution in [-0.4, -0.2) is 31.8 Å². The molecule has 0 amide bonds. The van der Waals surface area contributed by atoms with Gasteiger partial charge in [-0.2, -0.15) is 12.7 Å². The molecular formula is C11H12BrN3O2S. The number of para-hydroxylation sites is 1. The van der Waals surface area contributed by atoms with Gasteiger partial charge in [-0.1, -0.05) is 12.1 Å². The molecule has 5 nitrogen and oxygen atoms in total. The van der Waals surface area contributed by atoms with Gasteiger partial charge in [0.15, 0.2) is 0 Å². The quantitative estimate of drug-likeness (QED) is 0.939. The molecule has 96 valence electrons. The summed E-state index contributed by atoms with van der Waals surface area (Å²) in [5.74, 6) is 0. The molecular weight excluding hydrogens is 318 g/mol. The van der Waals surface area contributed by atoms with Gasteiger partial charge in [0.2, 0.25) is 0 Å². The van der Waals surface area contributed by atoms with Gasteiger partial charge in [0.25, 0.3) is 0 Å². The van der Waals surface area contributed by atoms with Crippen molar-refractivity contribution >= 4 is 42.7 Å². The van der Waals surface area contributed by atoms with Crippen LogP contribution in [0.2, 0.25) is 0 Å². The number of rotatable bonds is 3. The lowest BCUT2D eigenvalue weighted by Crippen LogP contribution is -2.29. The van der Waals surface area contributed by atoms with Crippen molar-refractivity contribution in [2.24, 2.45) is 0 Å². The summed E-state index contributed by atoms with van der Waals surface area (Å²) < 4.78 is 28.0. The minimum Gasteiger partial charge on any atom is -0.269 e. The summed E-state index contributed by atoms with van der Waals surface area (Å²) in [5.41, 5.74) is 1.08. The highest BCUT2D eigenvalue weighted by Crippen LogP contribution is 2.24. The first kappa shape index (κ1) is 13.3. The molecule has 2 aromatic rings. The van der Waals surface area contributed by atoms with Gasteiger partial charge in [-0.15, -0.1) is 0 Å². The largest absolute Gasteiger partial charge is 0.301 e. The number of hydrogen-bond donors (Lipinski definition) is 1. The number of nitrogens with one attached hydrogen (secondary N) is 1. The average Bonchev–Trinajstić information content (AvgIpc) is 2.28. The molecule has 0 bridgehead atoms. The van der Waals surface area contributed by atoms with E-state index in [1.54, 1.807) is 18.3 Å². The van der Waals surface area contributed by atoms with E-state index in [-0.39, 0.29) is 0 Å². The number of pyridine rings is 1. The lowest BCUT2D eigenvalue weighted by Gasteiger charge is -2.14. The second-order valence-corrected chi connectivity index (χ2v) is 6.72. The molecule has 0 saturated carbocycles. The molecule has 1 aromatic heterocycles. The molecule has 0 spiro atoms. The highest BCUT2D eigenvalue weighted by atomic mass is 79.9. The topological polar surface area (TPSA) is 62.3 Å². The zero-order valence-corrected chi connectivity index (χ0v) is 12.3. The number of benzene rings is 1. The van der Waals surface area contributed by atoms with Crippen molar-refractivity contribution in [3.05, 3.63) is 34.9 Å². The highest BCUT2D eigenvalue weighted by molar-refractivity contribution is 9.10. The molecule has 1 N–H and O–H groups in total. The van der Waals surface area contributed by atoms with Crippen LogP contribution >= 0.6 is 15.9 Å². The van der Waals surface area contributed by atoms with Crippen molar-refractivity contribution in [1.82, 2.24) is 9.29 Å². The van der Waals surface area contributed by atoms with Crippen LogP contribution in [0, 0.1) is 0 Å². The van der Waals surface area contributed by atoms with Crippen molar-refractivity contribution in [2.45, 2.75) is 0 Å². The first-order chi connectivity index (χ1) is 8.40. The van der Waals surface area contributed by atoms with Crippen LogP contribution in [0.3, 0.4) is 0 Å². The summed E-state index contributed by atoms with van der Waals surface area (Å²) in [6, 6.07) is 7.23. The SMILES string of the molecule is CN(C)S(=O)(=O)Nc1cccc2cc(Br)cnc12. The normalized spacial score (nSPS) is 12.0. The van der Waals surface area contributed by atoms with Crippen molar-refractivity contribution < 1.29 is 8.42 Å². The smallest absolute Gasteiger partial charge is 0.269 e. The number of halogens is 1. The van der Waals surface area contributed by atoms with E-state index in [0.717, 1.165) is 14.2 Å². The van der Waals surface area contributed by atoms with Gasteiger partial charge in [0.1, 0.15) is 0 Å². The molecule has 18 heavy (non-hydrogen) atoms. The molecule has 1 aromatic carbocycles. The fourth-order valence-electron chi connectivity index (χ4n) is 1.45. The number of anilines is 1. The Morgan fingerprint density at radius 3 is 2.72 bits per heavy atom. The second-order valence-electron chi connectivity index (χ2n) is 3.92. The third-order valence-corrected chi connectivity index (χ3v) is 4.27. The Morgan fingerprint density at radius 2 is 2.06 bits per heavy atom. The van der Waals surface area contributed by atoms with Crippen LogP contribution in [0.15, 0.2) is 34.9 Å². The summed E-state index contributed by atoms with van der Waals surface area (Å²) in [4.78, 5) is 4.23. The summed E-state index contributed by atoms with van der Waals surface area (Å²) in [6.07, 6.45) is 1.63. The number of aromatic nitrogens is 1. The fraction of sp³-hybridized carbons (Fsp3) is 0.182. The van der Waals surface area contributed by atoms with Crippen molar-refractivity contribution in [3.8, 4) is 0 Å². The Hall–Kier alpha value is -1.18. The highest BCUT2D eigenvalue weighted by Gasteiger charge is 2.14. The fourth-order valence-corrected chi connectivity index (χ4v) is 2.42. The molecule has 0 atom stereocenters. The van der Waals surface area contributed by atoms with E-state index >= 15 is 0 Å². The first-order valence-corrected chi connectivity index (χ1v) is 7.38. The third-order valence-electron chi connectivity index (χ3n) is 2.40. The lowest BCUT2D eigenvalue weighted by atomic mass is 10.2. The minimum atomic E-state index is -3.52. The zero-order chi connectivity index (χ0) is 13.3. The Morgan fingerprint density at radius 1 is 1.33 bits per heavy atom. The summed E-state index contributed by atoms with van der Waals surface area (Å²) >= 11 is 3.33. The van der Waals surface area contributed by atoms with E-state index in [4.69, 9.17) is 0 Å². The van der Waals surface area contributed by atoms with E-state index in [0.29, 0.717) is 11.2 Å². The van der Waals surface area contributed by atoms with E-state index < -0.39 is 10.2 Å². The van der Waals surface area contributed by atoms with E-state index in [1.807, 2.05) is 12.1 Å². The van der Waals surface area contributed by atoms with Gasteiger partial charge >= 0.3 is 10.2 Å². The predicted octanol–water partition coefficient (Wildman–Crippen LogP) is 2.22. The summed E-state index contributed by atoms with van der Waals surface area (Å²) in [7, 11) is -0.582. The second kappa shape index (κ2) is 4.83. The van der Waals surface area contributed by atoms with E-state index in [9.17, 15) is 8.42 Å². The maximum atomic E-state index is 11.8. The monoisotopic (exact) mass is 329 g/mol. The van der Waals surface area contributed by atoms with Gasteiger partial charge < -0.3 is 0 Å². The molecule has 0 aliphatic rings. The Kier molecular flexibility index (Phi) is 3.56. The Labute approximate surface area is 114 Å². The molecule has 0 aliphatic heterocycles. The van der Waals surface area contributed by atoms with Crippen molar-refractivity contribution in [1.29, 1.82) is 0 Å². The molecule has 0 unspecified atom stereocenters. The molecule has 1 heterocycles. The van der Waals surface area contributed by atoms with Crippen LogP contribution in [0.1, 0.15) is 0 Å². The van der Waals surface area contributed by atoms with Crippen LogP contribution < -0.4 is 4.72 Å². The summed E-state index contributed by atoms with van der Waals surface area (Å²) in [5, 5.41) is 0.864. The molecule has 2 rings (SSSR count). The molecule has 0 aliphatic carbocycles. The molecule has 0 fully saturated rings. The van der Waals surface area contributed by atoms with E-state index in [1.165, 1.54) is 14.1 Å². The van der Waals surface area contributed by atoms with Crippen LogP contribution in [0.4, 0.5) is 5.69 Å². The lowest BCUT2D eigenvalue weighted by molar-refractivity contribution is 0.527. The van der Waals surface area contributed by atoms with Crippen LogP contribution in [-0.2, 0) is 10.2 Å². The molecule has 0 saturated heterocycles. The minimum absolute atomic E-state index is 0.466.